The predicted octanol–water partition coefficient (Wildman–Crippen LogP) is 2.20. The quantitative estimate of drug-likeness (QED) is 0.905. The number of likely N-dealkylation sites (tertiary alicyclic amines) is 1. The van der Waals surface area contributed by atoms with Crippen molar-refractivity contribution in [3.05, 3.63) is 24.0 Å². The number of rotatable bonds is 3. The van der Waals surface area contributed by atoms with Crippen LogP contribution in [0.2, 0.25) is 0 Å². The second kappa shape index (κ2) is 4.51. The summed E-state index contributed by atoms with van der Waals surface area (Å²) in [5, 5.41) is 3.53. The number of anilines is 1. The molecular formula is C15H21N3O. The second-order valence-electron chi connectivity index (χ2n) is 6.10. The third kappa shape index (κ3) is 2.31. The predicted molar refractivity (Wildman–Crippen MR) is 74.9 cm³/mol. The monoisotopic (exact) mass is 259 g/mol. The van der Waals surface area contributed by atoms with Crippen LogP contribution in [0.5, 0.6) is 0 Å². The zero-order valence-electron chi connectivity index (χ0n) is 11.6. The maximum atomic E-state index is 11.5. The summed E-state index contributed by atoms with van der Waals surface area (Å²) in [4.78, 5) is 17.7. The highest BCUT2D eigenvalue weighted by molar-refractivity contribution is 5.77. The molecule has 1 saturated heterocycles. The molecule has 1 amide bonds. The minimum atomic E-state index is 0.296. The summed E-state index contributed by atoms with van der Waals surface area (Å²) < 4.78 is 0. The molecule has 1 aliphatic heterocycles. The fourth-order valence-corrected chi connectivity index (χ4v) is 3.38. The Morgan fingerprint density at radius 1 is 1.47 bits per heavy atom. The fourth-order valence-electron chi connectivity index (χ4n) is 3.38. The molecule has 0 unspecified atom stereocenters. The van der Waals surface area contributed by atoms with Gasteiger partial charge in [-0.3, -0.25) is 9.78 Å². The van der Waals surface area contributed by atoms with E-state index >= 15 is 0 Å². The number of aromatic nitrogens is 1. The molecule has 19 heavy (non-hydrogen) atoms. The lowest BCUT2D eigenvalue weighted by Crippen LogP contribution is -2.66. The van der Waals surface area contributed by atoms with E-state index in [0.29, 0.717) is 23.8 Å². The van der Waals surface area contributed by atoms with E-state index in [9.17, 15) is 4.79 Å². The van der Waals surface area contributed by atoms with Crippen molar-refractivity contribution in [1.29, 1.82) is 0 Å². The van der Waals surface area contributed by atoms with Crippen LogP contribution in [0.3, 0.4) is 0 Å². The molecule has 2 fully saturated rings. The second-order valence-corrected chi connectivity index (χ2v) is 6.10. The lowest BCUT2D eigenvalue weighted by Gasteiger charge is -2.59. The molecular weight excluding hydrogens is 238 g/mol. The Labute approximate surface area is 114 Å². The number of hydrogen-bond donors (Lipinski definition) is 1. The van der Waals surface area contributed by atoms with Gasteiger partial charge in [-0.1, -0.05) is 6.92 Å². The average molecular weight is 259 g/mol. The zero-order chi connectivity index (χ0) is 13.5. The number of carbonyl (C=O) groups is 1. The maximum Gasteiger partial charge on any atom is 0.222 e. The number of amides is 1. The molecule has 2 aliphatic rings. The molecule has 4 nitrogen and oxygen atoms in total. The van der Waals surface area contributed by atoms with E-state index in [1.165, 1.54) is 18.4 Å². The first kappa shape index (κ1) is 12.5. The normalized spacial score (nSPS) is 20.8. The lowest BCUT2D eigenvalue weighted by atomic mass is 9.60. The number of aryl methyl sites for hydroxylation is 1. The van der Waals surface area contributed by atoms with E-state index in [1.807, 2.05) is 24.2 Å². The first-order valence-electron chi connectivity index (χ1n) is 7.06. The SMILES string of the molecule is CCC(=O)N1CC2(CC(Nc3cncc(C)c3)C2)C1. The van der Waals surface area contributed by atoms with Gasteiger partial charge in [-0.15, -0.1) is 0 Å². The number of hydrogen-bond acceptors (Lipinski definition) is 3. The number of nitrogens with zero attached hydrogens (tertiary/aromatic N) is 2. The maximum absolute atomic E-state index is 11.5. The first-order valence-corrected chi connectivity index (χ1v) is 7.06. The third-order valence-electron chi connectivity index (χ3n) is 4.31. The van der Waals surface area contributed by atoms with Gasteiger partial charge in [0.2, 0.25) is 5.91 Å². The molecule has 3 rings (SSSR count). The van der Waals surface area contributed by atoms with Crippen molar-refractivity contribution in [3.8, 4) is 0 Å². The molecule has 1 spiro atoms. The highest BCUT2D eigenvalue weighted by atomic mass is 16.2. The number of carbonyl (C=O) groups excluding carboxylic acids is 1. The highest BCUT2D eigenvalue weighted by Gasteiger charge is 2.53. The van der Waals surface area contributed by atoms with Crippen LogP contribution in [0.1, 0.15) is 31.7 Å². The third-order valence-corrected chi connectivity index (χ3v) is 4.31. The molecule has 102 valence electrons. The van der Waals surface area contributed by atoms with Crippen LogP contribution >= 0.6 is 0 Å². The molecule has 0 bridgehead atoms. The van der Waals surface area contributed by atoms with Gasteiger partial charge in [-0.25, -0.2) is 0 Å². The van der Waals surface area contributed by atoms with Crippen molar-refractivity contribution in [2.75, 3.05) is 18.4 Å². The summed E-state index contributed by atoms with van der Waals surface area (Å²) in [5.74, 6) is 0.296. The summed E-state index contributed by atoms with van der Waals surface area (Å²) in [7, 11) is 0. The van der Waals surface area contributed by atoms with E-state index in [4.69, 9.17) is 0 Å². The van der Waals surface area contributed by atoms with Crippen molar-refractivity contribution in [3.63, 3.8) is 0 Å². The van der Waals surface area contributed by atoms with E-state index in [2.05, 4.69) is 23.3 Å². The summed E-state index contributed by atoms with van der Waals surface area (Å²) in [6.45, 7) is 5.91. The summed E-state index contributed by atoms with van der Waals surface area (Å²) in [6, 6.07) is 2.67. The topological polar surface area (TPSA) is 45.2 Å². The molecule has 0 radical (unpaired) electrons. The van der Waals surface area contributed by atoms with Gasteiger partial charge < -0.3 is 10.2 Å². The minimum absolute atomic E-state index is 0.296. The Balaban J connectivity index is 1.48. The van der Waals surface area contributed by atoms with E-state index in [0.717, 1.165) is 18.8 Å². The number of nitrogens with one attached hydrogen (secondary N) is 1. The molecule has 4 heteroatoms. The Morgan fingerprint density at radius 2 is 2.21 bits per heavy atom. The Bertz CT molecular complexity index is 486. The Morgan fingerprint density at radius 3 is 2.84 bits per heavy atom. The summed E-state index contributed by atoms with van der Waals surface area (Å²) in [6.07, 6.45) is 6.73. The Kier molecular flexibility index (Phi) is 2.96. The van der Waals surface area contributed by atoms with Crippen LogP contribution in [0.25, 0.3) is 0 Å². The van der Waals surface area contributed by atoms with Crippen molar-refractivity contribution in [2.45, 2.75) is 39.2 Å². The van der Waals surface area contributed by atoms with Gasteiger partial charge in [0, 0.05) is 43.4 Å². The van der Waals surface area contributed by atoms with Gasteiger partial charge in [0.25, 0.3) is 0 Å². The number of pyridine rings is 1. The van der Waals surface area contributed by atoms with Gasteiger partial charge in [0.15, 0.2) is 0 Å². The molecule has 0 atom stereocenters. The van der Waals surface area contributed by atoms with Crippen molar-refractivity contribution >= 4 is 11.6 Å². The van der Waals surface area contributed by atoms with Crippen LogP contribution in [-0.2, 0) is 4.79 Å². The molecule has 0 aromatic carbocycles. The van der Waals surface area contributed by atoms with Gasteiger partial charge in [-0.2, -0.15) is 0 Å². The summed E-state index contributed by atoms with van der Waals surface area (Å²) in [5.41, 5.74) is 2.71. The van der Waals surface area contributed by atoms with Gasteiger partial charge >= 0.3 is 0 Å². The largest absolute Gasteiger partial charge is 0.381 e. The van der Waals surface area contributed by atoms with Crippen LogP contribution in [-0.4, -0.2) is 34.9 Å². The standard InChI is InChI=1S/C15H21N3O/c1-3-14(19)18-9-15(10-18)5-13(6-15)17-12-4-11(2)7-16-8-12/h4,7-8,13,17H,3,5-6,9-10H2,1-2H3. The van der Waals surface area contributed by atoms with Gasteiger partial charge in [0.1, 0.15) is 0 Å². The van der Waals surface area contributed by atoms with Crippen LogP contribution in [0, 0.1) is 12.3 Å². The lowest BCUT2D eigenvalue weighted by molar-refractivity contribution is -0.150. The van der Waals surface area contributed by atoms with Crippen molar-refractivity contribution in [2.24, 2.45) is 5.41 Å². The van der Waals surface area contributed by atoms with Crippen LogP contribution in [0.4, 0.5) is 5.69 Å². The molecule has 1 N–H and O–H groups in total. The summed E-state index contributed by atoms with van der Waals surface area (Å²) >= 11 is 0. The fraction of sp³-hybridized carbons (Fsp3) is 0.600. The van der Waals surface area contributed by atoms with E-state index in [1.54, 1.807) is 0 Å². The van der Waals surface area contributed by atoms with Crippen molar-refractivity contribution in [1.82, 2.24) is 9.88 Å². The molecule has 1 saturated carbocycles. The van der Waals surface area contributed by atoms with Gasteiger partial charge in [0.05, 0.1) is 5.69 Å². The van der Waals surface area contributed by atoms with Crippen LogP contribution < -0.4 is 5.32 Å². The van der Waals surface area contributed by atoms with Gasteiger partial charge in [-0.05, 0) is 31.4 Å². The van der Waals surface area contributed by atoms with E-state index in [-0.39, 0.29) is 0 Å². The van der Waals surface area contributed by atoms with Crippen molar-refractivity contribution < 1.29 is 4.79 Å². The minimum Gasteiger partial charge on any atom is -0.381 e. The molecule has 1 aromatic rings. The van der Waals surface area contributed by atoms with Crippen LogP contribution in [0.15, 0.2) is 18.5 Å². The molecule has 1 aromatic heterocycles. The Hall–Kier alpha value is -1.58. The average Bonchev–Trinajstić information content (AvgIpc) is 2.29. The molecule has 2 heterocycles. The van der Waals surface area contributed by atoms with E-state index < -0.39 is 0 Å². The molecule has 1 aliphatic carbocycles. The first-order chi connectivity index (χ1) is 9.10. The smallest absolute Gasteiger partial charge is 0.222 e. The zero-order valence-corrected chi connectivity index (χ0v) is 11.6. The highest BCUT2D eigenvalue weighted by Crippen LogP contribution is 2.49.